The number of rotatable bonds is 6. The van der Waals surface area contributed by atoms with E-state index < -0.39 is 0 Å². The first kappa shape index (κ1) is 11.8. The van der Waals surface area contributed by atoms with Crippen LogP contribution in [0.2, 0.25) is 0 Å². The molecule has 0 saturated heterocycles. The SMILES string of the molecule is CCCCC(CC)CC1=CC(N)CC1. The minimum atomic E-state index is 0.355. The fourth-order valence-corrected chi connectivity index (χ4v) is 2.31. The van der Waals surface area contributed by atoms with Crippen LogP contribution in [-0.4, -0.2) is 6.04 Å². The highest BCUT2D eigenvalue weighted by molar-refractivity contribution is 5.13. The van der Waals surface area contributed by atoms with Crippen LogP contribution in [0.5, 0.6) is 0 Å². The summed E-state index contributed by atoms with van der Waals surface area (Å²) in [5.74, 6) is 0.909. The van der Waals surface area contributed by atoms with Gasteiger partial charge in [-0.15, -0.1) is 0 Å². The lowest BCUT2D eigenvalue weighted by Crippen LogP contribution is -2.11. The van der Waals surface area contributed by atoms with Gasteiger partial charge in [-0.3, -0.25) is 0 Å². The first-order chi connectivity index (χ1) is 6.76. The Hall–Kier alpha value is -0.300. The van der Waals surface area contributed by atoms with E-state index in [4.69, 9.17) is 5.73 Å². The minimum Gasteiger partial charge on any atom is -0.324 e. The molecular weight excluding hydrogens is 170 g/mol. The Kier molecular flexibility index (Phi) is 5.24. The molecule has 0 amide bonds. The van der Waals surface area contributed by atoms with Gasteiger partial charge in [0.05, 0.1) is 0 Å². The molecule has 0 saturated carbocycles. The third-order valence-electron chi connectivity index (χ3n) is 3.34. The van der Waals surface area contributed by atoms with Gasteiger partial charge in [-0.05, 0) is 25.2 Å². The van der Waals surface area contributed by atoms with Crippen molar-refractivity contribution in [1.29, 1.82) is 0 Å². The molecule has 0 radical (unpaired) electrons. The number of allylic oxidation sites excluding steroid dienone is 1. The van der Waals surface area contributed by atoms with Crippen LogP contribution in [0.25, 0.3) is 0 Å². The van der Waals surface area contributed by atoms with E-state index in [1.807, 2.05) is 0 Å². The van der Waals surface area contributed by atoms with Gasteiger partial charge in [0.25, 0.3) is 0 Å². The lowest BCUT2D eigenvalue weighted by Gasteiger charge is -2.14. The molecule has 0 bridgehead atoms. The zero-order valence-electron chi connectivity index (χ0n) is 9.76. The summed E-state index contributed by atoms with van der Waals surface area (Å²) in [6, 6.07) is 0.355. The number of hydrogen-bond acceptors (Lipinski definition) is 1. The van der Waals surface area contributed by atoms with Crippen molar-refractivity contribution in [3.63, 3.8) is 0 Å². The number of hydrogen-bond donors (Lipinski definition) is 1. The molecule has 1 rings (SSSR count). The van der Waals surface area contributed by atoms with Crippen LogP contribution in [-0.2, 0) is 0 Å². The second-order valence-corrected chi connectivity index (χ2v) is 4.65. The fourth-order valence-electron chi connectivity index (χ4n) is 2.31. The van der Waals surface area contributed by atoms with E-state index in [0.29, 0.717) is 6.04 Å². The van der Waals surface area contributed by atoms with Crippen molar-refractivity contribution in [2.24, 2.45) is 11.7 Å². The van der Waals surface area contributed by atoms with Crippen molar-refractivity contribution in [3.8, 4) is 0 Å². The van der Waals surface area contributed by atoms with Crippen LogP contribution >= 0.6 is 0 Å². The van der Waals surface area contributed by atoms with E-state index in [-0.39, 0.29) is 0 Å². The first-order valence-corrected chi connectivity index (χ1v) is 6.21. The predicted octanol–water partition coefficient (Wildman–Crippen LogP) is 3.64. The minimum absolute atomic E-state index is 0.355. The van der Waals surface area contributed by atoms with E-state index in [1.54, 1.807) is 5.57 Å². The van der Waals surface area contributed by atoms with Crippen LogP contribution in [0, 0.1) is 5.92 Å². The Bertz CT molecular complexity index is 184. The Morgan fingerprint density at radius 1 is 1.50 bits per heavy atom. The Morgan fingerprint density at radius 2 is 2.29 bits per heavy atom. The number of unbranched alkanes of at least 4 members (excludes halogenated alkanes) is 1. The molecule has 0 aromatic rings. The molecule has 0 aromatic heterocycles. The summed E-state index contributed by atoms with van der Waals surface area (Å²) < 4.78 is 0. The Labute approximate surface area is 88.8 Å². The first-order valence-electron chi connectivity index (χ1n) is 6.21. The summed E-state index contributed by atoms with van der Waals surface area (Å²) in [5.41, 5.74) is 7.49. The van der Waals surface area contributed by atoms with Crippen LogP contribution in [0.1, 0.15) is 58.8 Å². The van der Waals surface area contributed by atoms with Crippen molar-refractivity contribution in [1.82, 2.24) is 0 Å². The van der Waals surface area contributed by atoms with Gasteiger partial charge in [-0.25, -0.2) is 0 Å². The topological polar surface area (TPSA) is 26.0 Å². The van der Waals surface area contributed by atoms with E-state index in [2.05, 4.69) is 19.9 Å². The standard InChI is InChI=1S/C13H25N/c1-3-5-6-11(4-2)9-12-7-8-13(14)10-12/h10-11,13H,3-9,14H2,1-2H3. The lowest BCUT2D eigenvalue weighted by atomic mass is 9.92. The molecule has 0 aromatic carbocycles. The summed E-state index contributed by atoms with van der Waals surface area (Å²) in [7, 11) is 0. The maximum absolute atomic E-state index is 5.87. The van der Waals surface area contributed by atoms with Crippen molar-refractivity contribution in [2.45, 2.75) is 64.8 Å². The second kappa shape index (κ2) is 6.23. The van der Waals surface area contributed by atoms with E-state index >= 15 is 0 Å². The van der Waals surface area contributed by atoms with Crippen LogP contribution in [0.4, 0.5) is 0 Å². The van der Waals surface area contributed by atoms with Crippen LogP contribution in [0.3, 0.4) is 0 Å². The van der Waals surface area contributed by atoms with E-state index in [9.17, 15) is 0 Å². The van der Waals surface area contributed by atoms with Crippen molar-refractivity contribution in [3.05, 3.63) is 11.6 Å². The van der Waals surface area contributed by atoms with Gasteiger partial charge in [0.2, 0.25) is 0 Å². The highest BCUT2D eigenvalue weighted by atomic mass is 14.6. The molecule has 2 unspecified atom stereocenters. The molecule has 0 heterocycles. The normalized spacial score (nSPS) is 23.6. The molecule has 0 aliphatic heterocycles. The molecule has 0 fully saturated rings. The monoisotopic (exact) mass is 195 g/mol. The van der Waals surface area contributed by atoms with Crippen LogP contribution < -0.4 is 5.73 Å². The van der Waals surface area contributed by atoms with E-state index in [1.165, 1.54) is 44.9 Å². The molecule has 14 heavy (non-hydrogen) atoms. The van der Waals surface area contributed by atoms with Crippen molar-refractivity contribution < 1.29 is 0 Å². The average Bonchev–Trinajstić information content (AvgIpc) is 2.58. The maximum atomic E-state index is 5.87. The van der Waals surface area contributed by atoms with Gasteiger partial charge in [0.1, 0.15) is 0 Å². The van der Waals surface area contributed by atoms with Crippen LogP contribution in [0.15, 0.2) is 11.6 Å². The number of nitrogens with two attached hydrogens (primary N) is 1. The molecule has 82 valence electrons. The zero-order valence-corrected chi connectivity index (χ0v) is 9.76. The molecular formula is C13H25N. The van der Waals surface area contributed by atoms with Gasteiger partial charge in [0.15, 0.2) is 0 Å². The van der Waals surface area contributed by atoms with E-state index in [0.717, 1.165) is 5.92 Å². The van der Waals surface area contributed by atoms with Crippen molar-refractivity contribution >= 4 is 0 Å². The van der Waals surface area contributed by atoms with Gasteiger partial charge < -0.3 is 5.73 Å². The lowest BCUT2D eigenvalue weighted by molar-refractivity contribution is 0.444. The maximum Gasteiger partial charge on any atom is 0.0229 e. The molecule has 0 spiro atoms. The third-order valence-corrected chi connectivity index (χ3v) is 3.34. The molecule has 2 atom stereocenters. The highest BCUT2D eigenvalue weighted by Crippen LogP contribution is 2.27. The van der Waals surface area contributed by atoms with Gasteiger partial charge in [0, 0.05) is 6.04 Å². The summed E-state index contributed by atoms with van der Waals surface area (Å²) in [5, 5.41) is 0. The highest BCUT2D eigenvalue weighted by Gasteiger charge is 2.15. The molecule has 1 heteroatoms. The second-order valence-electron chi connectivity index (χ2n) is 4.65. The fraction of sp³-hybridized carbons (Fsp3) is 0.846. The summed E-state index contributed by atoms with van der Waals surface area (Å²) >= 11 is 0. The predicted molar refractivity (Wildman–Crippen MR) is 63.2 cm³/mol. The summed E-state index contributed by atoms with van der Waals surface area (Å²) in [6.07, 6.45) is 11.5. The van der Waals surface area contributed by atoms with Crippen molar-refractivity contribution in [2.75, 3.05) is 0 Å². The van der Waals surface area contributed by atoms with Gasteiger partial charge in [-0.1, -0.05) is 51.2 Å². The average molecular weight is 195 g/mol. The van der Waals surface area contributed by atoms with Gasteiger partial charge >= 0.3 is 0 Å². The molecule has 2 N–H and O–H groups in total. The quantitative estimate of drug-likeness (QED) is 0.643. The third kappa shape index (κ3) is 3.83. The summed E-state index contributed by atoms with van der Waals surface area (Å²) in [6.45, 7) is 4.59. The molecule has 1 aliphatic carbocycles. The van der Waals surface area contributed by atoms with Gasteiger partial charge in [-0.2, -0.15) is 0 Å². The molecule has 1 nitrogen and oxygen atoms in total. The molecule has 1 aliphatic rings. The Balaban J connectivity index is 2.29. The zero-order chi connectivity index (χ0) is 10.4. The summed E-state index contributed by atoms with van der Waals surface area (Å²) in [4.78, 5) is 0. The smallest absolute Gasteiger partial charge is 0.0229 e. The Morgan fingerprint density at radius 3 is 2.79 bits per heavy atom. The largest absolute Gasteiger partial charge is 0.324 e.